The van der Waals surface area contributed by atoms with Crippen LogP contribution in [0.2, 0.25) is 0 Å². The van der Waals surface area contributed by atoms with E-state index in [-0.39, 0.29) is 30.6 Å². The van der Waals surface area contributed by atoms with Crippen molar-refractivity contribution in [3.63, 3.8) is 0 Å². The monoisotopic (exact) mass is 325 g/mol. The van der Waals surface area contributed by atoms with Gasteiger partial charge in [-0.3, -0.25) is 10.1 Å². The summed E-state index contributed by atoms with van der Waals surface area (Å²) in [5.74, 6) is -2.58. The van der Waals surface area contributed by atoms with Crippen molar-refractivity contribution in [2.45, 2.75) is 6.92 Å². The molecule has 0 aromatic heterocycles. The molecule has 1 aromatic carbocycles. The Balaban J connectivity index is 2.38. The molecule has 1 atom stereocenters. The third-order valence-corrected chi connectivity index (χ3v) is 4.16. The largest absolute Gasteiger partial charge is 0.453 e. The summed E-state index contributed by atoms with van der Waals surface area (Å²) in [5, 5.41) is 11.0. The number of nitro benzene ring substituents is 1. The second-order valence-corrected chi connectivity index (χ2v) is 8.05. The smallest absolute Gasteiger partial charge is 0.333 e. The van der Waals surface area contributed by atoms with Crippen LogP contribution < -0.4 is 14.0 Å². The zero-order valence-corrected chi connectivity index (χ0v) is 12.2. The van der Waals surface area contributed by atoms with Crippen LogP contribution in [0.3, 0.4) is 0 Å². The van der Waals surface area contributed by atoms with E-state index in [1.165, 1.54) is 12.1 Å². The summed E-state index contributed by atoms with van der Waals surface area (Å²) >= 11 is 10.8. The van der Waals surface area contributed by atoms with Crippen molar-refractivity contribution >= 4 is 34.6 Å². The van der Waals surface area contributed by atoms with E-state index in [0.29, 0.717) is 5.75 Å². The lowest BCUT2D eigenvalue weighted by atomic mass is 10.2. The van der Waals surface area contributed by atoms with Crippen LogP contribution in [0.5, 0.6) is 17.2 Å². The van der Waals surface area contributed by atoms with E-state index in [4.69, 9.17) is 41.6 Å². The lowest BCUT2D eigenvalue weighted by molar-refractivity contribution is -0.385. The van der Waals surface area contributed by atoms with Crippen molar-refractivity contribution in [2.75, 3.05) is 13.4 Å². The molecule has 1 aliphatic heterocycles. The molecule has 1 aliphatic rings. The van der Waals surface area contributed by atoms with E-state index in [1.54, 1.807) is 6.92 Å². The number of nitrogens with zero attached hydrogens (tertiary/aromatic N) is 1. The number of hydrogen-bond donors (Lipinski definition) is 0. The fraction of sp³-hybridized carbons (Fsp3) is 0.333. The molecule has 10 heteroatoms. The third-order valence-electron chi connectivity index (χ3n) is 2.14. The Morgan fingerprint density at radius 2 is 2.16 bits per heavy atom. The van der Waals surface area contributed by atoms with Gasteiger partial charge < -0.3 is 18.5 Å². The summed E-state index contributed by atoms with van der Waals surface area (Å²) in [6.45, 7) is 1.94. The SMILES string of the molecule is CCOP(=S)(Cl)Oc1cc2c(cc1[N+](=O)[O-])OCO2. The van der Waals surface area contributed by atoms with Gasteiger partial charge in [0.05, 0.1) is 17.6 Å². The fourth-order valence-electron chi connectivity index (χ4n) is 1.43. The van der Waals surface area contributed by atoms with Crippen molar-refractivity contribution in [1.29, 1.82) is 0 Å². The number of hydrogen-bond acceptors (Lipinski definition) is 7. The van der Waals surface area contributed by atoms with Gasteiger partial charge in [-0.2, -0.15) is 0 Å². The molecule has 1 aromatic rings. The summed E-state index contributed by atoms with van der Waals surface area (Å²) in [6.07, 6.45) is 0. The third kappa shape index (κ3) is 3.27. The second-order valence-electron chi connectivity index (χ2n) is 3.37. The average molecular weight is 326 g/mol. The number of fused-ring (bicyclic) bond motifs is 1. The zero-order valence-electron chi connectivity index (χ0n) is 9.70. The maximum atomic E-state index is 11.0. The van der Waals surface area contributed by atoms with Gasteiger partial charge in [-0.25, -0.2) is 0 Å². The normalized spacial score (nSPS) is 15.9. The molecule has 0 amide bonds. The molecule has 0 radical (unpaired) electrons. The summed E-state index contributed by atoms with van der Waals surface area (Å²) in [4.78, 5) is 10.4. The highest BCUT2D eigenvalue weighted by atomic mass is 35.7. The van der Waals surface area contributed by atoms with Crippen LogP contribution in [-0.4, -0.2) is 18.3 Å². The predicted molar refractivity (Wildman–Crippen MR) is 71.6 cm³/mol. The Kier molecular flexibility index (Phi) is 4.15. The van der Waals surface area contributed by atoms with E-state index in [0.717, 1.165) is 0 Å². The first-order valence-electron chi connectivity index (χ1n) is 5.15. The van der Waals surface area contributed by atoms with Crippen molar-refractivity contribution in [2.24, 2.45) is 0 Å². The number of nitro groups is 1. The molecule has 0 saturated carbocycles. The molecule has 0 fully saturated rings. The van der Waals surface area contributed by atoms with Crippen LogP contribution >= 0.6 is 17.1 Å². The Hall–Kier alpha value is -1.08. The predicted octanol–water partition coefficient (Wildman–Crippen LogP) is 3.20. The number of benzene rings is 1. The minimum atomic E-state index is -3.10. The first kappa shape index (κ1) is 14.3. The minimum absolute atomic E-state index is 0.00354. The van der Waals surface area contributed by atoms with Gasteiger partial charge in [0, 0.05) is 6.07 Å². The molecular weight excluding hydrogens is 317 g/mol. The zero-order chi connectivity index (χ0) is 14.0. The Morgan fingerprint density at radius 1 is 1.53 bits per heavy atom. The molecule has 0 saturated heterocycles. The van der Waals surface area contributed by atoms with Crippen LogP contribution in [0.15, 0.2) is 12.1 Å². The molecule has 1 heterocycles. The molecule has 2 rings (SSSR count). The number of rotatable bonds is 5. The average Bonchev–Trinajstić information content (AvgIpc) is 2.73. The topological polar surface area (TPSA) is 80.1 Å². The van der Waals surface area contributed by atoms with Gasteiger partial charge in [0.2, 0.25) is 12.5 Å². The Labute approximate surface area is 118 Å². The molecule has 1 unspecified atom stereocenters. The molecular formula is C9H9ClNO6PS. The van der Waals surface area contributed by atoms with Crippen LogP contribution in [0, 0.1) is 10.1 Å². The van der Waals surface area contributed by atoms with Gasteiger partial charge in [-0.15, -0.1) is 0 Å². The Morgan fingerprint density at radius 3 is 2.74 bits per heavy atom. The highest BCUT2D eigenvalue weighted by Gasteiger charge is 2.28. The van der Waals surface area contributed by atoms with Crippen molar-refractivity contribution in [3.8, 4) is 17.2 Å². The number of halogens is 1. The number of ether oxygens (including phenoxy) is 2. The Bertz CT molecular complexity index is 568. The van der Waals surface area contributed by atoms with E-state index in [1.807, 2.05) is 0 Å². The highest BCUT2D eigenvalue weighted by molar-refractivity contribution is 8.22. The van der Waals surface area contributed by atoms with E-state index in [9.17, 15) is 10.1 Å². The van der Waals surface area contributed by atoms with E-state index in [2.05, 4.69) is 0 Å². The van der Waals surface area contributed by atoms with Gasteiger partial charge in [0.25, 0.3) is 0 Å². The first-order valence-corrected chi connectivity index (χ1v) is 8.69. The van der Waals surface area contributed by atoms with Crippen molar-refractivity contribution in [1.82, 2.24) is 0 Å². The van der Waals surface area contributed by atoms with Crippen molar-refractivity contribution in [3.05, 3.63) is 22.2 Å². The van der Waals surface area contributed by atoms with Gasteiger partial charge >= 0.3 is 11.5 Å². The molecule has 0 spiro atoms. The molecule has 0 N–H and O–H groups in total. The summed E-state index contributed by atoms with van der Waals surface area (Å²) in [7, 11) is 0. The van der Waals surface area contributed by atoms with Gasteiger partial charge in [-0.1, -0.05) is 0 Å². The summed E-state index contributed by atoms with van der Waals surface area (Å²) < 4.78 is 20.5. The first-order chi connectivity index (χ1) is 8.93. The standard InChI is InChI=1S/C9H9ClNO6PS/c1-2-16-18(10,19)17-7-4-9-8(14-5-15-9)3-6(7)11(12)13/h3-4H,2,5H2,1H3. The lowest BCUT2D eigenvalue weighted by Crippen LogP contribution is -1.97. The molecule has 0 aliphatic carbocycles. The highest BCUT2D eigenvalue weighted by Crippen LogP contribution is 2.56. The van der Waals surface area contributed by atoms with Crippen LogP contribution in [0.1, 0.15) is 6.92 Å². The summed E-state index contributed by atoms with van der Waals surface area (Å²) in [5.41, 5.74) is -0.307. The molecule has 0 bridgehead atoms. The van der Waals surface area contributed by atoms with Crippen LogP contribution in [0.4, 0.5) is 5.69 Å². The van der Waals surface area contributed by atoms with Gasteiger partial charge in [-0.05, 0) is 30.0 Å². The van der Waals surface area contributed by atoms with Gasteiger partial charge in [0.1, 0.15) is 0 Å². The quantitative estimate of drug-likeness (QED) is 0.467. The van der Waals surface area contributed by atoms with E-state index < -0.39 is 10.8 Å². The maximum Gasteiger partial charge on any atom is 0.333 e. The summed E-state index contributed by atoms with van der Waals surface area (Å²) in [6, 6.07) is 2.53. The molecule has 7 nitrogen and oxygen atoms in total. The minimum Gasteiger partial charge on any atom is -0.453 e. The lowest BCUT2D eigenvalue weighted by Gasteiger charge is -2.15. The maximum absolute atomic E-state index is 11.0. The fourth-order valence-corrected chi connectivity index (χ4v) is 3.24. The van der Waals surface area contributed by atoms with Crippen LogP contribution in [-0.2, 0) is 16.3 Å². The second kappa shape index (κ2) is 5.50. The van der Waals surface area contributed by atoms with Crippen LogP contribution in [0.25, 0.3) is 0 Å². The molecule has 104 valence electrons. The van der Waals surface area contributed by atoms with Crippen molar-refractivity contribution < 1.29 is 23.4 Å². The van der Waals surface area contributed by atoms with Gasteiger partial charge in [0.15, 0.2) is 11.5 Å². The molecule has 19 heavy (non-hydrogen) atoms. The van der Waals surface area contributed by atoms with E-state index >= 15 is 0 Å².